The normalized spacial score (nSPS) is 13.3. The summed E-state index contributed by atoms with van der Waals surface area (Å²) < 4.78 is 12.4. The molecule has 0 aliphatic heterocycles. The van der Waals surface area contributed by atoms with Crippen molar-refractivity contribution in [1.29, 1.82) is 0 Å². The minimum Gasteiger partial charge on any atom is -0.476 e. The molecule has 0 spiro atoms. The Bertz CT molecular complexity index is 170. The largest absolute Gasteiger partial charge is 0.476 e. The quantitative estimate of drug-likeness (QED) is 0.605. The first-order chi connectivity index (χ1) is 4.46. The zero-order valence-electron chi connectivity index (χ0n) is 6.31. The fourth-order valence-electron chi connectivity index (χ4n) is 0.422. The second-order valence-electron chi connectivity index (χ2n) is 2.46. The summed E-state index contributed by atoms with van der Waals surface area (Å²) >= 11 is 0. The van der Waals surface area contributed by atoms with Crippen LogP contribution in [0, 0.1) is 5.92 Å². The van der Waals surface area contributed by atoms with Crippen LogP contribution in [0.25, 0.3) is 0 Å². The first-order valence-electron chi connectivity index (χ1n) is 3.06. The molecule has 0 heterocycles. The van der Waals surface area contributed by atoms with Crippen molar-refractivity contribution in [2.45, 2.75) is 20.8 Å². The zero-order valence-corrected chi connectivity index (χ0v) is 6.31. The van der Waals surface area contributed by atoms with Crippen molar-refractivity contribution in [3.8, 4) is 0 Å². The van der Waals surface area contributed by atoms with Crippen LogP contribution in [0.3, 0.4) is 0 Å². The Morgan fingerprint density at radius 2 is 1.90 bits per heavy atom. The molecule has 58 valence electrons. The molecule has 0 amide bonds. The van der Waals surface area contributed by atoms with E-state index < -0.39 is 11.8 Å². The predicted molar refractivity (Wildman–Crippen MR) is 36.3 cm³/mol. The molecule has 10 heavy (non-hydrogen) atoms. The number of allylic oxidation sites excluding steroid dienone is 1. The van der Waals surface area contributed by atoms with Crippen molar-refractivity contribution in [3.05, 3.63) is 11.4 Å². The fraction of sp³-hybridized carbons (Fsp3) is 0.571. The smallest absolute Gasteiger partial charge is 0.364 e. The summed E-state index contributed by atoms with van der Waals surface area (Å²) in [5.41, 5.74) is 0.285. The molecule has 0 aliphatic rings. The zero-order chi connectivity index (χ0) is 8.31. The maximum absolute atomic E-state index is 12.4. The molecule has 0 unspecified atom stereocenters. The fourth-order valence-corrected chi connectivity index (χ4v) is 0.422. The van der Waals surface area contributed by atoms with Crippen LogP contribution in [0.2, 0.25) is 0 Å². The lowest BCUT2D eigenvalue weighted by Gasteiger charge is -2.03. The molecule has 1 N–H and O–H groups in total. The second-order valence-corrected chi connectivity index (χ2v) is 2.46. The molecule has 0 saturated carbocycles. The van der Waals surface area contributed by atoms with E-state index in [9.17, 15) is 9.18 Å². The van der Waals surface area contributed by atoms with E-state index in [0.717, 1.165) is 0 Å². The van der Waals surface area contributed by atoms with Crippen molar-refractivity contribution in [2.75, 3.05) is 0 Å². The van der Waals surface area contributed by atoms with Gasteiger partial charge in [-0.15, -0.1) is 0 Å². The van der Waals surface area contributed by atoms with Gasteiger partial charge in [0.1, 0.15) is 0 Å². The van der Waals surface area contributed by atoms with E-state index in [4.69, 9.17) is 5.11 Å². The maximum atomic E-state index is 12.4. The third-order valence-corrected chi connectivity index (χ3v) is 1.40. The van der Waals surface area contributed by atoms with E-state index in [1.54, 1.807) is 13.8 Å². The number of hydrogen-bond donors (Lipinski definition) is 1. The van der Waals surface area contributed by atoms with E-state index in [0.29, 0.717) is 0 Å². The second kappa shape index (κ2) is 3.34. The number of hydrogen-bond acceptors (Lipinski definition) is 1. The topological polar surface area (TPSA) is 37.3 Å². The summed E-state index contributed by atoms with van der Waals surface area (Å²) in [5.74, 6) is -2.56. The van der Waals surface area contributed by atoms with Crippen LogP contribution >= 0.6 is 0 Å². The Kier molecular flexibility index (Phi) is 3.06. The van der Waals surface area contributed by atoms with Gasteiger partial charge in [0.2, 0.25) is 5.83 Å². The van der Waals surface area contributed by atoms with E-state index in [2.05, 4.69) is 0 Å². The highest BCUT2D eigenvalue weighted by molar-refractivity contribution is 5.84. The Labute approximate surface area is 59.4 Å². The van der Waals surface area contributed by atoms with Gasteiger partial charge in [0.15, 0.2) is 0 Å². The Morgan fingerprint density at radius 1 is 1.50 bits per heavy atom. The SMILES string of the molecule is C/C(=C(\F)C(=O)O)C(C)C. The molecular formula is C7H11FO2. The summed E-state index contributed by atoms with van der Waals surface area (Å²) in [6.07, 6.45) is 0. The average Bonchev–Trinajstić information content (AvgIpc) is 1.84. The molecule has 0 fully saturated rings. The lowest BCUT2D eigenvalue weighted by molar-refractivity contribution is -0.134. The molecule has 0 aromatic rings. The van der Waals surface area contributed by atoms with Gasteiger partial charge in [-0.05, 0) is 18.4 Å². The third kappa shape index (κ3) is 2.17. The van der Waals surface area contributed by atoms with Gasteiger partial charge in [-0.3, -0.25) is 0 Å². The van der Waals surface area contributed by atoms with Crippen molar-refractivity contribution < 1.29 is 14.3 Å². The Hall–Kier alpha value is -0.860. The van der Waals surface area contributed by atoms with Crippen LogP contribution in [-0.4, -0.2) is 11.1 Å². The van der Waals surface area contributed by atoms with E-state index >= 15 is 0 Å². The highest BCUT2D eigenvalue weighted by atomic mass is 19.1. The number of carboxylic acids is 1. The highest BCUT2D eigenvalue weighted by Gasteiger charge is 2.11. The lowest BCUT2D eigenvalue weighted by atomic mass is 10.0. The number of carbonyl (C=O) groups is 1. The van der Waals surface area contributed by atoms with Crippen LogP contribution in [0.15, 0.2) is 11.4 Å². The van der Waals surface area contributed by atoms with Gasteiger partial charge in [-0.1, -0.05) is 13.8 Å². The summed E-state index contributed by atoms with van der Waals surface area (Å²) in [7, 11) is 0. The molecule has 0 rings (SSSR count). The standard InChI is InChI=1S/C7H11FO2/c1-4(2)5(3)6(8)7(9)10/h4H,1-3H3,(H,9,10)/b6-5+. The van der Waals surface area contributed by atoms with Gasteiger partial charge in [0.05, 0.1) is 0 Å². The molecule has 0 saturated heterocycles. The summed E-state index contributed by atoms with van der Waals surface area (Å²) in [5, 5.41) is 8.17. The first-order valence-corrected chi connectivity index (χ1v) is 3.06. The van der Waals surface area contributed by atoms with Gasteiger partial charge >= 0.3 is 5.97 Å². The van der Waals surface area contributed by atoms with Crippen molar-refractivity contribution in [2.24, 2.45) is 5.92 Å². The number of carboxylic acid groups (broad SMARTS) is 1. The third-order valence-electron chi connectivity index (χ3n) is 1.40. The van der Waals surface area contributed by atoms with Gasteiger partial charge in [-0.2, -0.15) is 4.39 Å². The predicted octanol–water partition coefficient (Wildman–Crippen LogP) is 1.97. The van der Waals surface area contributed by atoms with Crippen molar-refractivity contribution >= 4 is 5.97 Å². The molecule has 0 atom stereocenters. The molecule has 0 radical (unpaired) electrons. The van der Waals surface area contributed by atoms with Crippen LogP contribution in [-0.2, 0) is 4.79 Å². The lowest BCUT2D eigenvalue weighted by Crippen LogP contribution is -2.01. The van der Waals surface area contributed by atoms with E-state index in [1.165, 1.54) is 6.92 Å². The van der Waals surface area contributed by atoms with Crippen LogP contribution in [0.1, 0.15) is 20.8 Å². The highest BCUT2D eigenvalue weighted by Crippen LogP contribution is 2.14. The minimum atomic E-state index is -1.48. The van der Waals surface area contributed by atoms with E-state index in [-0.39, 0.29) is 11.5 Å². The average molecular weight is 146 g/mol. The maximum Gasteiger partial charge on any atom is 0.364 e. The van der Waals surface area contributed by atoms with Crippen molar-refractivity contribution in [3.63, 3.8) is 0 Å². The van der Waals surface area contributed by atoms with E-state index in [1.807, 2.05) is 0 Å². The van der Waals surface area contributed by atoms with Crippen LogP contribution < -0.4 is 0 Å². The molecule has 0 bridgehead atoms. The summed E-state index contributed by atoms with van der Waals surface area (Å²) in [6.45, 7) is 4.98. The van der Waals surface area contributed by atoms with Crippen molar-refractivity contribution in [1.82, 2.24) is 0 Å². The molecule has 2 nitrogen and oxygen atoms in total. The number of halogens is 1. The van der Waals surface area contributed by atoms with Gasteiger partial charge in [-0.25, -0.2) is 4.79 Å². The number of rotatable bonds is 2. The molecule has 0 aromatic heterocycles. The van der Waals surface area contributed by atoms with Crippen LogP contribution in [0.4, 0.5) is 4.39 Å². The monoisotopic (exact) mass is 146 g/mol. The van der Waals surface area contributed by atoms with Crippen LogP contribution in [0.5, 0.6) is 0 Å². The van der Waals surface area contributed by atoms with Gasteiger partial charge < -0.3 is 5.11 Å². The Morgan fingerprint density at radius 3 is 2.00 bits per heavy atom. The Balaban J connectivity index is 4.50. The van der Waals surface area contributed by atoms with Gasteiger partial charge in [0, 0.05) is 0 Å². The molecule has 0 aromatic carbocycles. The molecule has 3 heteroatoms. The molecular weight excluding hydrogens is 135 g/mol. The summed E-state index contributed by atoms with van der Waals surface area (Å²) in [4.78, 5) is 10.0. The number of aliphatic carboxylic acids is 1. The first kappa shape index (κ1) is 9.14. The molecule has 0 aliphatic carbocycles. The minimum absolute atomic E-state index is 0.0453. The summed E-state index contributed by atoms with van der Waals surface area (Å²) in [6, 6.07) is 0. The van der Waals surface area contributed by atoms with Gasteiger partial charge in [0.25, 0.3) is 0 Å².